The quantitative estimate of drug-likeness (QED) is 0.815. The normalized spacial score (nSPS) is 11.1. The number of pyridine rings is 1. The summed E-state index contributed by atoms with van der Waals surface area (Å²) in [5, 5.41) is 2.50. The molecule has 0 fully saturated rings. The second-order valence-electron chi connectivity index (χ2n) is 5.37. The Labute approximate surface area is 123 Å². The molecule has 0 aliphatic carbocycles. The van der Waals surface area contributed by atoms with Gasteiger partial charge in [0, 0.05) is 18.5 Å². The third-order valence-electron chi connectivity index (χ3n) is 3.51. The van der Waals surface area contributed by atoms with Crippen molar-refractivity contribution in [3.05, 3.63) is 45.9 Å². The van der Waals surface area contributed by atoms with Crippen molar-refractivity contribution < 1.29 is 9.63 Å². The fraction of sp³-hybridized carbons (Fsp3) is 0.375. The Morgan fingerprint density at radius 2 is 1.95 bits per heavy atom. The highest BCUT2D eigenvalue weighted by Gasteiger charge is 2.20. The number of amides is 1. The van der Waals surface area contributed by atoms with Crippen LogP contribution < -0.4 is 5.56 Å². The van der Waals surface area contributed by atoms with Crippen LogP contribution in [0.2, 0.25) is 0 Å². The van der Waals surface area contributed by atoms with Crippen molar-refractivity contribution in [2.75, 3.05) is 14.2 Å². The number of hydrogen-bond donors (Lipinski definition) is 0. The second-order valence-corrected chi connectivity index (χ2v) is 5.37. The van der Waals surface area contributed by atoms with E-state index in [9.17, 15) is 9.59 Å². The van der Waals surface area contributed by atoms with Crippen LogP contribution in [0, 0.1) is 6.92 Å². The van der Waals surface area contributed by atoms with Crippen LogP contribution in [-0.2, 0) is 4.84 Å². The molecule has 2 aromatic rings. The highest BCUT2D eigenvalue weighted by molar-refractivity contribution is 5.96. The van der Waals surface area contributed by atoms with E-state index in [2.05, 4.69) is 0 Å². The number of hydroxylamine groups is 2. The summed E-state index contributed by atoms with van der Waals surface area (Å²) >= 11 is 0. The molecule has 112 valence electrons. The third kappa shape index (κ3) is 2.69. The Hall–Kier alpha value is -2.14. The Morgan fingerprint density at radius 1 is 1.29 bits per heavy atom. The maximum atomic E-state index is 12.7. The van der Waals surface area contributed by atoms with Crippen molar-refractivity contribution in [3.8, 4) is 0 Å². The Balaban J connectivity index is 2.81. The van der Waals surface area contributed by atoms with Gasteiger partial charge in [-0.2, -0.15) is 0 Å². The van der Waals surface area contributed by atoms with Crippen molar-refractivity contribution in [2.24, 2.45) is 0 Å². The topological polar surface area (TPSA) is 51.5 Å². The number of fused-ring (bicyclic) bond motifs is 1. The summed E-state index contributed by atoms with van der Waals surface area (Å²) in [5.74, 6) is -0.342. The molecule has 0 bridgehead atoms. The summed E-state index contributed by atoms with van der Waals surface area (Å²) in [6, 6.07) is 7.27. The predicted octanol–water partition coefficient (Wildman–Crippen LogP) is 2.52. The van der Waals surface area contributed by atoms with Gasteiger partial charge in [0.15, 0.2) is 0 Å². The Kier molecular flexibility index (Phi) is 4.14. The number of rotatable bonds is 3. The smallest absolute Gasteiger partial charge is 0.293 e. The van der Waals surface area contributed by atoms with Gasteiger partial charge in [0.05, 0.1) is 7.11 Å². The highest BCUT2D eigenvalue weighted by Crippen LogP contribution is 2.18. The van der Waals surface area contributed by atoms with Crippen LogP contribution in [-0.4, -0.2) is 29.7 Å². The molecule has 0 aliphatic rings. The van der Waals surface area contributed by atoms with Crippen LogP contribution in [0.25, 0.3) is 10.8 Å². The highest BCUT2D eigenvalue weighted by atomic mass is 16.7. The summed E-state index contributed by atoms with van der Waals surface area (Å²) < 4.78 is 1.51. The molecule has 1 amide bonds. The number of nitrogens with zero attached hydrogens (tertiary/aromatic N) is 2. The van der Waals surface area contributed by atoms with Crippen LogP contribution in [0.5, 0.6) is 0 Å². The first-order valence-corrected chi connectivity index (χ1v) is 6.85. The number of aromatic nitrogens is 1. The molecule has 1 heterocycles. The molecule has 0 aliphatic heterocycles. The lowest BCUT2D eigenvalue weighted by Crippen LogP contribution is -2.34. The average Bonchev–Trinajstić information content (AvgIpc) is 2.45. The molecule has 1 aromatic carbocycles. The molecule has 5 heteroatoms. The van der Waals surface area contributed by atoms with E-state index >= 15 is 0 Å². The first-order chi connectivity index (χ1) is 9.86. The molecular formula is C16H20N2O3. The lowest BCUT2D eigenvalue weighted by Gasteiger charge is -2.20. The van der Waals surface area contributed by atoms with Gasteiger partial charge in [0.25, 0.3) is 11.5 Å². The first-order valence-electron chi connectivity index (χ1n) is 6.85. The summed E-state index contributed by atoms with van der Waals surface area (Å²) in [6.07, 6.45) is 0. The lowest BCUT2D eigenvalue weighted by molar-refractivity contribution is -0.0764. The molecule has 0 spiro atoms. The van der Waals surface area contributed by atoms with Crippen LogP contribution >= 0.6 is 0 Å². The van der Waals surface area contributed by atoms with Gasteiger partial charge >= 0.3 is 0 Å². The maximum absolute atomic E-state index is 12.7. The molecular weight excluding hydrogens is 268 g/mol. The molecule has 5 nitrogen and oxygen atoms in total. The zero-order chi connectivity index (χ0) is 15.7. The van der Waals surface area contributed by atoms with E-state index in [1.54, 1.807) is 6.07 Å². The van der Waals surface area contributed by atoms with Crippen molar-refractivity contribution in [1.82, 2.24) is 9.63 Å². The van der Waals surface area contributed by atoms with E-state index < -0.39 is 0 Å². The molecule has 2 rings (SSSR count). The monoisotopic (exact) mass is 288 g/mol. The van der Waals surface area contributed by atoms with Crippen molar-refractivity contribution in [3.63, 3.8) is 0 Å². The fourth-order valence-corrected chi connectivity index (χ4v) is 2.36. The third-order valence-corrected chi connectivity index (χ3v) is 3.51. The molecule has 0 unspecified atom stereocenters. The van der Waals surface area contributed by atoms with Gasteiger partial charge in [-0.1, -0.05) is 17.7 Å². The van der Waals surface area contributed by atoms with E-state index in [-0.39, 0.29) is 17.5 Å². The van der Waals surface area contributed by atoms with E-state index in [1.807, 2.05) is 39.0 Å². The Morgan fingerprint density at radius 3 is 2.52 bits per heavy atom. The summed E-state index contributed by atoms with van der Waals surface area (Å²) in [4.78, 5) is 30.1. The number of carbonyl (C=O) groups is 1. The largest absolute Gasteiger partial charge is 0.301 e. The average molecular weight is 288 g/mol. The first kappa shape index (κ1) is 15.3. The fourth-order valence-electron chi connectivity index (χ4n) is 2.36. The summed E-state index contributed by atoms with van der Waals surface area (Å²) in [7, 11) is 2.94. The van der Waals surface area contributed by atoms with Crippen LogP contribution in [0.1, 0.15) is 35.9 Å². The zero-order valence-electron chi connectivity index (χ0n) is 13.0. The number of carbonyl (C=O) groups excluding carboxylic acids is 1. The minimum Gasteiger partial charge on any atom is -0.301 e. The van der Waals surface area contributed by atoms with E-state index in [1.165, 1.54) is 18.7 Å². The lowest BCUT2D eigenvalue weighted by atomic mass is 10.1. The molecule has 1 aromatic heterocycles. The van der Waals surface area contributed by atoms with Crippen molar-refractivity contribution >= 4 is 16.7 Å². The van der Waals surface area contributed by atoms with Gasteiger partial charge in [0.2, 0.25) is 0 Å². The van der Waals surface area contributed by atoms with Crippen LogP contribution in [0.3, 0.4) is 0 Å². The molecule has 21 heavy (non-hydrogen) atoms. The van der Waals surface area contributed by atoms with Crippen molar-refractivity contribution in [1.29, 1.82) is 0 Å². The summed E-state index contributed by atoms with van der Waals surface area (Å²) in [6.45, 7) is 5.70. The van der Waals surface area contributed by atoms with Gasteiger partial charge < -0.3 is 4.57 Å². The molecule has 0 atom stereocenters. The van der Waals surface area contributed by atoms with Gasteiger partial charge in [-0.25, -0.2) is 5.06 Å². The summed E-state index contributed by atoms with van der Waals surface area (Å²) in [5.41, 5.74) is 1.19. The Bertz CT molecular complexity index is 747. The number of hydrogen-bond acceptors (Lipinski definition) is 3. The second kappa shape index (κ2) is 5.69. The number of benzene rings is 1. The minimum atomic E-state index is -0.342. The minimum absolute atomic E-state index is 0.119. The van der Waals surface area contributed by atoms with Crippen molar-refractivity contribution in [2.45, 2.75) is 26.8 Å². The number of aryl methyl sites for hydroxylation is 1. The van der Waals surface area contributed by atoms with Gasteiger partial charge in [0.1, 0.15) is 5.69 Å². The molecule has 0 saturated carbocycles. The predicted molar refractivity (Wildman–Crippen MR) is 82.4 cm³/mol. The van der Waals surface area contributed by atoms with Gasteiger partial charge in [-0.3, -0.25) is 14.4 Å². The SMILES string of the molecule is CON(C)C(=O)c1cc2ccc(C)cc2c(=O)n1C(C)C. The van der Waals surface area contributed by atoms with E-state index in [0.717, 1.165) is 16.0 Å². The van der Waals surface area contributed by atoms with Gasteiger partial charge in [-0.05, 0) is 38.3 Å². The van der Waals surface area contributed by atoms with Gasteiger partial charge in [-0.15, -0.1) is 0 Å². The maximum Gasteiger partial charge on any atom is 0.293 e. The standard InChI is InChI=1S/C16H20N2O3/c1-10(2)18-14(16(20)17(4)21-5)9-12-7-6-11(3)8-13(12)15(18)19/h6-10H,1-5H3. The zero-order valence-corrected chi connectivity index (χ0v) is 13.0. The molecule has 0 N–H and O–H groups in total. The van der Waals surface area contributed by atoms with Crippen LogP contribution in [0.4, 0.5) is 0 Å². The molecule has 0 saturated heterocycles. The molecule has 0 radical (unpaired) electrons. The van der Waals surface area contributed by atoms with Crippen LogP contribution in [0.15, 0.2) is 29.1 Å². The van der Waals surface area contributed by atoms with E-state index in [4.69, 9.17) is 4.84 Å². The van der Waals surface area contributed by atoms with E-state index in [0.29, 0.717) is 11.1 Å².